The highest BCUT2D eigenvalue weighted by Gasteiger charge is 2.32. The number of hydrogen-bond donors (Lipinski definition) is 2. The third-order valence-corrected chi connectivity index (χ3v) is 3.02. The van der Waals surface area contributed by atoms with Crippen LogP contribution in [0.5, 0.6) is 0 Å². The highest BCUT2D eigenvalue weighted by Crippen LogP contribution is 2.09. The lowest BCUT2D eigenvalue weighted by molar-refractivity contribution is -0.126. The van der Waals surface area contributed by atoms with Gasteiger partial charge in [0.1, 0.15) is 12.4 Å². The number of urea groups is 1. The normalized spacial score (nSPS) is 15.1. The number of carbonyl (C=O) groups is 3. The van der Waals surface area contributed by atoms with Crippen LogP contribution < -0.4 is 5.32 Å². The van der Waals surface area contributed by atoms with Crippen molar-refractivity contribution >= 4 is 17.8 Å². The molecular weight excluding hydrogens is 262 g/mol. The number of likely N-dealkylation sites (N-methyl/N-ethyl adjacent to an activating group) is 1. The number of aromatic amines is 1. The van der Waals surface area contributed by atoms with Crippen LogP contribution in [0.3, 0.4) is 0 Å². The van der Waals surface area contributed by atoms with E-state index in [4.69, 9.17) is 0 Å². The zero-order valence-electron chi connectivity index (χ0n) is 11.3. The Balaban J connectivity index is 1.66. The van der Waals surface area contributed by atoms with Crippen molar-refractivity contribution in [1.29, 1.82) is 0 Å². The van der Waals surface area contributed by atoms with Gasteiger partial charge in [-0.05, 0) is 6.42 Å². The number of aromatic nitrogens is 2. The second kappa shape index (κ2) is 6.18. The van der Waals surface area contributed by atoms with Crippen molar-refractivity contribution in [2.75, 3.05) is 20.1 Å². The molecule has 2 rings (SSSR count). The molecule has 0 bridgehead atoms. The second-order valence-electron chi connectivity index (χ2n) is 4.60. The van der Waals surface area contributed by atoms with Crippen LogP contribution in [0.4, 0.5) is 4.79 Å². The molecule has 1 saturated heterocycles. The molecule has 2 heterocycles. The number of imide groups is 1. The van der Waals surface area contributed by atoms with Crippen LogP contribution in [-0.4, -0.2) is 57.8 Å². The Morgan fingerprint density at radius 2 is 2.30 bits per heavy atom. The number of amides is 4. The first-order valence-electron chi connectivity index (χ1n) is 6.38. The predicted octanol–water partition coefficient (Wildman–Crippen LogP) is -0.300. The summed E-state index contributed by atoms with van der Waals surface area (Å²) in [6, 6.07) is -0.300. The lowest BCUT2D eigenvalue weighted by Crippen LogP contribution is -2.33. The van der Waals surface area contributed by atoms with Crippen molar-refractivity contribution in [3.63, 3.8) is 0 Å². The maximum atomic E-state index is 11.6. The number of H-pyrrole nitrogens is 1. The topological polar surface area (TPSA) is 98.4 Å². The quantitative estimate of drug-likeness (QED) is 0.698. The van der Waals surface area contributed by atoms with E-state index in [0.29, 0.717) is 18.8 Å². The number of carbonyl (C=O) groups excluding carboxylic acids is 3. The van der Waals surface area contributed by atoms with E-state index < -0.39 is 0 Å². The summed E-state index contributed by atoms with van der Waals surface area (Å²) in [5.41, 5.74) is 0. The molecule has 4 amide bonds. The summed E-state index contributed by atoms with van der Waals surface area (Å²) < 4.78 is 0. The molecule has 0 unspecified atom stereocenters. The van der Waals surface area contributed by atoms with Crippen LogP contribution >= 0.6 is 0 Å². The van der Waals surface area contributed by atoms with Gasteiger partial charge in [-0.2, -0.15) is 0 Å². The van der Waals surface area contributed by atoms with Crippen molar-refractivity contribution in [3.05, 3.63) is 18.2 Å². The van der Waals surface area contributed by atoms with E-state index in [0.717, 1.165) is 0 Å². The lowest BCUT2D eigenvalue weighted by Gasteiger charge is -2.13. The molecule has 1 aliphatic rings. The van der Waals surface area contributed by atoms with Crippen LogP contribution in [0.2, 0.25) is 0 Å². The van der Waals surface area contributed by atoms with E-state index in [-0.39, 0.29) is 37.4 Å². The van der Waals surface area contributed by atoms with Crippen molar-refractivity contribution in [2.45, 2.75) is 19.4 Å². The third kappa shape index (κ3) is 3.34. The highest BCUT2D eigenvalue weighted by atomic mass is 16.2. The fourth-order valence-electron chi connectivity index (χ4n) is 1.95. The molecule has 0 saturated carbocycles. The average Bonchev–Trinajstić information content (AvgIpc) is 3.00. The Hall–Kier alpha value is -2.38. The summed E-state index contributed by atoms with van der Waals surface area (Å²) >= 11 is 0. The second-order valence-corrected chi connectivity index (χ2v) is 4.60. The lowest BCUT2D eigenvalue weighted by atomic mass is 10.3. The predicted molar refractivity (Wildman–Crippen MR) is 69.4 cm³/mol. The van der Waals surface area contributed by atoms with Gasteiger partial charge in [-0.25, -0.2) is 9.78 Å². The molecule has 0 radical (unpaired) electrons. The van der Waals surface area contributed by atoms with Gasteiger partial charge in [-0.1, -0.05) is 0 Å². The van der Waals surface area contributed by atoms with Gasteiger partial charge >= 0.3 is 6.03 Å². The molecule has 20 heavy (non-hydrogen) atoms. The van der Waals surface area contributed by atoms with E-state index in [1.54, 1.807) is 19.4 Å². The van der Waals surface area contributed by atoms with Gasteiger partial charge in [0.05, 0.1) is 6.54 Å². The van der Waals surface area contributed by atoms with Crippen LogP contribution in [0.25, 0.3) is 0 Å². The molecule has 108 valence electrons. The maximum absolute atomic E-state index is 11.6. The minimum absolute atomic E-state index is 0.115. The van der Waals surface area contributed by atoms with Crippen LogP contribution in [-0.2, 0) is 16.1 Å². The van der Waals surface area contributed by atoms with Gasteiger partial charge in [0.25, 0.3) is 0 Å². The first-order valence-corrected chi connectivity index (χ1v) is 6.38. The number of rotatable bonds is 6. The van der Waals surface area contributed by atoms with Gasteiger partial charge in [-0.15, -0.1) is 0 Å². The van der Waals surface area contributed by atoms with Crippen LogP contribution in [0, 0.1) is 0 Å². The Labute approximate surface area is 116 Å². The Kier molecular flexibility index (Phi) is 4.34. The van der Waals surface area contributed by atoms with Gasteiger partial charge in [0.15, 0.2) is 0 Å². The Morgan fingerprint density at radius 3 is 2.90 bits per heavy atom. The molecule has 1 aromatic heterocycles. The molecule has 1 aromatic rings. The summed E-state index contributed by atoms with van der Waals surface area (Å²) in [6.07, 6.45) is 4.02. The van der Waals surface area contributed by atoms with E-state index in [2.05, 4.69) is 15.3 Å². The molecule has 0 spiro atoms. The molecule has 0 aromatic carbocycles. The molecule has 8 nitrogen and oxygen atoms in total. The molecule has 2 N–H and O–H groups in total. The zero-order valence-corrected chi connectivity index (χ0v) is 11.3. The summed E-state index contributed by atoms with van der Waals surface area (Å²) in [5, 5.41) is 2.71. The first kappa shape index (κ1) is 14.0. The van der Waals surface area contributed by atoms with E-state index >= 15 is 0 Å². The number of nitrogens with one attached hydrogen (secondary N) is 2. The number of nitrogens with zero attached hydrogens (tertiary/aromatic N) is 3. The minimum atomic E-state index is -0.300. The largest absolute Gasteiger partial charge is 0.349 e. The maximum Gasteiger partial charge on any atom is 0.326 e. The molecule has 1 fully saturated rings. The number of hydrogen-bond acceptors (Lipinski definition) is 4. The van der Waals surface area contributed by atoms with Crippen molar-refractivity contribution in [2.24, 2.45) is 0 Å². The third-order valence-electron chi connectivity index (χ3n) is 3.02. The smallest absolute Gasteiger partial charge is 0.326 e. The summed E-state index contributed by atoms with van der Waals surface area (Å²) in [6.45, 7) is 0.732. The van der Waals surface area contributed by atoms with E-state index in [9.17, 15) is 14.4 Å². The molecule has 0 aliphatic carbocycles. The standard InChI is InChI=1S/C12H17N5O3/c1-16-8-11(19)17(12(16)20)6-2-3-10(18)15-7-9-13-4-5-14-9/h4-5H,2-3,6-8H2,1H3,(H,13,14)(H,15,18). The number of imidazole rings is 1. The van der Waals surface area contributed by atoms with Gasteiger partial charge in [-0.3, -0.25) is 14.5 Å². The first-order chi connectivity index (χ1) is 9.58. The van der Waals surface area contributed by atoms with Gasteiger partial charge in [0.2, 0.25) is 11.8 Å². The summed E-state index contributed by atoms with van der Waals surface area (Å²) in [7, 11) is 1.58. The molecule has 1 aliphatic heterocycles. The van der Waals surface area contributed by atoms with E-state index in [1.165, 1.54) is 9.80 Å². The van der Waals surface area contributed by atoms with Gasteiger partial charge in [0, 0.05) is 32.4 Å². The highest BCUT2D eigenvalue weighted by molar-refractivity contribution is 6.01. The molecule has 8 heteroatoms. The fourth-order valence-corrected chi connectivity index (χ4v) is 1.95. The fraction of sp³-hybridized carbons (Fsp3) is 0.500. The average molecular weight is 279 g/mol. The zero-order chi connectivity index (χ0) is 14.5. The Morgan fingerprint density at radius 1 is 1.50 bits per heavy atom. The van der Waals surface area contributed by atoms with E-state index in [1.807, 2.05) is 0 Å². The van der Waals surface area contributed by atoms with Crippen molar-refractivity contribution < 1.29 is 14.4 Å². The van der Waals surface area contributed by atoms with Crippen LogP contribution in [0.1, 0.15) is 18.7 Å². The Bertz CT molecular complexity index is 499. The van der Waals surface area contributed by atoms with Crippen molar-refractivity contribution in [1.82, 2.24) is 25.1 Å². The van der Waals surface area contributed by atoms with Gasteiger partial charge < -0.3 is 15.2 Å². The summed E-state index contributed by atoms with van der Waals surface area (Å²) in [5.74, 6) is 0.340. The monoisotopic (exact) mass is 279 g/mol. The van der Waals surface area contributed by atoms with Crippen LogP contribution in [0.15, 0.2) is 12.4 Å². The minimum Gasteiger partial charge on any atom is -0.349 e. The SMILES string of the molecule is CN1CC(=O)N(CCCC(=O)NCc2ncc[nH]2)C1=O. The summed E-state index contributed by atoms with van der Waals surface area (Å²) in [4.78, 5) is 44.1. The van der Waals surface area contributed by atoms with Crippen molar-refractivity contribution in [3.8, 4) is 0 Å². The molecular formula is C12H17N5O3. The molecule has 0 atom stereocenters.